The maximum Gasteiger partial charge on any atom is 0.187 e. The van der Waals surface area contributed by atoms with E-state index in [4.69, 9.17) is 37.9 Å². The molecule has 4 rings (SSSR count). The largest absolute Gasteiger partial charge is 0.394 e. The zero-order valence-electron chi connectivity index (χ0n) is 32.2. The number of unbranched alkanes of at least 4 members (excludes halogenated alkanes) is 9. The van der Waals surface area contributed by atoms with Crippen molar-refractivity contribution in [2.75, 3.05) is 33.0 Å². The average molecular weight is 835 g/mol. The van der Waals surface area contributed by atoms with Gasteiger partial charge in [0, 0.05) is 6.61 Å². The molecule has 0 spiro atoms. The molecule has 0 aromatic carbocycles. The Balaban J connectivity index is 1.29. The first kappa shape index (κ1) is 48.8. The van der Waals surface area contributed by atoms with E-state index >= 15 is 0 Å². The lowest BCUT2D eigenvalue weighted by Crippen LogP contribution is -2.67. The molecule has 0 amide bonds. The minimum atomic E-state index is -2.01. The van der Waals surface area contributed by atoms with E-state index in [2.05, 4.69) is 6.92 Å². The molecule has 0 saturated carbocycles. The molecule has 0 aromatic heterocycles. The Bertz CT molecular complexity index is 1100. The summed E-state index contributed by atoms with van der Waals surface area (Å²) in [4.78, 5) is 0. The van der Waals surface area contributed by atoms with Gasteiger partial charge in [-0.15, -0.1) is 0 Å². The number of hydrogen-bond acceptors (Lipinski definition) is 21. The van der Waals surface area contributed by atoms with Crippen molar-refractivity contribution in [3.63, 3.8) is 0 Å². The van der Waals surface area contributed by atoms with Gasteiger partial charge in [-0.3, -0.25) is 0 Å². The zero-order chi connectivity index (χ0) is 41.8. The van der Waals surface area contributed by atoms with Gasteiger partial charge in [0.1, 0.15) is 97.7 Å². The van der Waals surface area contributed by atoms with Gasteiger partial charge in [0.15, 0.2) is 25.2 Å². The normalized spacial score (nSPS) is 44.3. The van der Waals surface area contributed by atoms with Crippen LogP contribution in [-0.2, 0) is 37.9 Å². The van der Waals surface area contributed by atoms with Crippen molar-refractivity contribution in [3.8, 4) is 0 Å². The van der Waals surface area contributed by atoms with Crippen LogP contribution in [0.4, 0.5) is 0 Å². The predicted molar refractivity (Wildman–Crippen MR) is 189 cm³/mol. The molecule has 4 aliphatic heterocycles. The molecule has 0 aliphatic carbocycles. The maximum atomic E-state index is 11.1. The Labute approximate surface area is 331 Å². The number of rotatable bonds is 22. The molecular weight excluding hydrogens is 768 g/mol. The number of aliphatic hydroxyl groups is 13. The van der Waals surface area contributed by atoms with E-state index in [0.29, 0.717) is 6.42 Å². The Morgan fingerprint density at radius 3 is 1.05 bits per heavy atom. The number of ether oxygens (including phenoxy) is 8. The summed E-state index contributed by atoms with van der Waals surface area (Å²) in [5.74, 6) is 0. The second-order valence-corrected chi connectivity index (χ2v) is 15.2. The molecule has 4 fully saturated rings. The molecule has 0 unspecified atom stereocenters. The fraction of sp³-hybridized carbons (Fsp3) is 1.00. The third-order valence-corrected chi connectivity index (χ3v) is 11.0. The first-order valence-corrected chi connectivity index (χ1v) is 20.1. The van der Waals surface area contributed by atoms with Crippen molar-refractivity contribution >= 4 is 0 Å². The summed E-state index contributed by atoms with van der Waals surface area (Å²) in [5, 5.41) is 136. The van der Waals surface area contributed by atoms with Crippen molar-refractivity contribution < 1.29 is 104 Å². The lowest BCUT2D eigenvalue weighted by molar-refractivity contribution is -0.388. The Hall–Kier alpha value is -0.840. The molecule has 13 N–H and O–H groups in total. The second-order valence-electron chi connectivity index (χ2n) is 15.2. The van der Waals surface area contributed by atoms with E-state index in [-0.39, 0.29) is 6.61 Å². The molecule has 0 radical (unpaired) electrons. The van der Waals surface area contributed by atoms with E-state index in [0.717, 1.165) is 19.3 Å². The summed E-state index contributed by atoms with van der Waals surface area (Å²) in [6.45, 7) is -0.834. The second kappa shape index (κ2) is 24.0. The first-order valence-electron chi connectivity index (χ1n) is 20.1. The van der Waals surface area contributed by atoms with Crippen LogP contribution in [-0.4, -0.2) is 222 Å². The Kier molecular flexibility index (Phi) is 20.5. The van der Waals surface area contributed by atoms with Gasteiger partial charge in [0.2, 0.25) is 0 Å². The molecule has 57 heavy (non-hydrogen) atoms. The standard InChI is InChI=1S/C36H66O21/c1-2-3-4-5-6-7-8-9-10-11-12-50-33-27(47)23(43)30(18(14-38)52-33)56-35-29(49)25(45)32(20(16-40)54-35)57-36-28(48)24(44)31(19(15-39)53-36)55-34-26(46)22(42)21(41)17(13-37)51-34/h17-49H,2-16H2,1H3/t17-,18-,19-,20-,21-,22+,23-,24-,25-,26-,27-,28-,29-,30-,31-,32-,33-,34-,35-,36-/m1/s1. The predicted octanol–water partition coefficient (Wildman–Crippen LogP) is -4.80. The third kappa shape index (κ3) is 12.4. The van der Waals surface area contributed by atoms with Crippen LogP contribution in [0.15, 0.2) is 0 Å². The molecular formula is C36H66O21. The highest BCUT2D eigenvalue weighted by molar-refractivity contribution is 4.98. The molecule has 0 bridgehead atoms. The molecule has 4 aliphatic rings. The van der Waals surface area contributed by atoms with Crippen molar-refractivity contribution in [2.45, 2.75) is 194 Å². The molecule has 336 valence electrons. The monoisotopic (exact) mass is 834 g/mol. The molecule has 4 heterocycles. The van der Waals surface area contributed by atoms with Crippen molar-refractivity contribution in [2.24, 2.45) is 0 Å². The molecule has 21 nitrogen and oxygen atoms in total. The molecule has 4 saturated heterocycles. The molecule has 0 aromatic rings. The van der Waals surface area contributed by atoms with E-state index in [1.165, 1.54) is 38.5 Å². The van der Waals surface area contributed by atoms with Crippen LogP contribution in [0.1, 0.15) is 71.1 Å². The van der Waals surface area contributed by atoms with Gasteiger partial charge >= 0.3 is 0 Å². The quantitative estimate of drug-likeness (QED) is 0.0455. The number of aliphatic hydroxyl groups excluding tert-OH is 13. The Morgan fingerprint density at radius 2 is 0.667 bits per heavy atom. The summed E-state index contributed by atoms with van der Waals surface area (Å²) < 4.78 is 44.8. The van der Waals surface area contributed by atoms with Gasteiger partial charge in [-0.2, -0.15) is 0 Å². The molecule has 21 heteroatoms. The van der Waals surface area contributed by atoms with Crippen molar-refractivity contribution in [1.82, 2.24) is 0 Å². The van der Waals surface area contributed by atoms with Crippen LogP contribution in [0.25, 0.3) is 0 Å². The van der Waals surface area contributed by atoms with Gasteiger partial charge in [-0.05, 0) is 6.42 Å². The highest BCUT2D eigenvalue weighted by Gasteiger charge is 2.55. The third-order valence-electron chi connectivity index (χ3n) is 11.0. The van der Waals surface area contributed by atoms with E-state index in [9.17, 15) is 66.4 Å². The summed E-state index contributed by atoms with van der Waals surface area (Å²) in [6.07, 6.45) is -22.9. The topological polar surface area (TPSA) is 337 Å². The van der Waals surface area contributed by atoms with Crippen LogP contribution in [0.3, 0.4) is 0 Å². The maximum absolute atomic E-state index is 11.1. The highest BCUT2D eigenvalue weighted by atomic mass is 16.8. The van der Waals surface area contributed by atoms with Crippen LogP contribution < -0.4 is 0 Å². The lowest BCUT2D eigenvalue weighted by atomic mass is 9.95. The van der Waals surface area contributed by atoms with Gasteiger partial charge < -0.3 is 104 Å². The minimum Gasteiger partial charge on any atom is -0.394 e. The van der Waals surface area contributed by atoms with Crippen molar-refractivity contribution in [1.29, 1.82) is 0 Å². The van der Waals surface area contributed by atoms with Gasteiger partial charge in [0.05, 0.1) is 26.4 Å². The average Bonchev–Trinajstić information content (AvgIpc) is 3.21. The highest BCUT2D eigenvalue weighted by Crippen LogP contribution is 2.34. The van der Waals surface area contributed by atoms with Crippen LogP contribution >= 0.6 is 0 Å². The fourth-order valence-corrected chi connectivity index (χ4v) is 7.46. The lowest BCUT2D eigenvalue weighted by Gasteiger charge is -2.49. The van der Waals surface area contributed by atoms with Crippen molar-refractivity contribution in [3.05, 3.63) is 0 Å². The van der Waals surface area contributed by atoms with E-state index in [1.807, 2.05) is 0 Å². The first-order chi connectivity index (χ1) is 27.3. The van der Waals surface area contributed by atoms with Gasteiger partial charge in [-0.25, -0.2) is 0 Å². The SMILES string of the molecule is CCCCCCCCCCCCO[C@@H]1O[C@H](CO)[C@@H](O[C@H]2O[C@H](CO)[C@@H](O[C@H]3O[C@H](CO)[C@@H](O[C@H]4O[C@H](CO)[C@@H](O)[C@H](O)[C@H]4O)[C@H](O)[C@H]3O)[C@H](O)[C@H]2O)[C@H](O)[C@H]1O. The zero-order valence-corrected chi connectivity index (χ0v) is 32.2. The van der Waals surface area contributed by atoms with Crippen LogP contribution in [0.2, 0.25) is 0 Å². The summed E-state index contributed by atoms with van der Waals surface area (Å²) >= 11 is 0. The fourth-order valence-electron chi connectivity index (χ4n) is 7.46. The summed E-state index contributed by atoms with van der Waals surface area (Å²) in [5.41, 5.74) is 0. The van der Waals surface area contributed by atoms with Crippen LogP contribution in [0, 0.1) is 0 Å². The summed E-state index contributed by atoms with van der Waals surface area (Å²) in [7, 11) is 0. The van der Waals surface area contributed by atoms with E-state index in [1.54, 1.807) is 0 Å². The summed E-state index contributed by atoms with van der Waals surface area (Å²) in [6, 6.07) is 0. The van der Waals surface area contributed by atoms with Gasteiger partial charge in [0.25, 0.3) is 0 Å². The Morgan fingerprint density at radius 1 is 0.351 bits per heavy atom. The smallest absolute Gasteiger partial charge is 0.187 e. The molecule has 20 atom stereocenters. The number of hydrogen-bond donors (Lipinski definition) is 13. The van der Waals surface area contributed by atoms with Gasteiger partial charge in [-0.1, -0.05) is 64.7 Å². The van der Waals surface area contributed by atoms with E-state index < -0.39 is 149 Å². The van der Waals surface area contributed by atoms with Crippen LogP contribution in [0.5, 0.6) is 0 Å². The minimum absolute atomic E-state index is 0.228.